The van der Waals surface area contributed by atoms with Crippen molar-refractivity contribution < 1.29 is 9.59 Å². The monoisotopic (exact) mass is 404 g/mol. The van der Waals surface area contributed by atoms with Crippen LogP contribution in [-0.4, -0.2) is 53.3 Å². The topological polar surface area (TPSA) is 65.9 Å². The number of aromatic nitrogens is 1. The first-order valence-corrected chi connectivity index (χ1v) is 10.8. The third kappa shape index (κ3) is 4.33. The number of rotatable bonds is 6. The maximum Gasteiger partial charge on any atom is 0.181 e. The van der Waals surface area contributed by atoms with Crippen LogP contribution in [0.15, 0.2) is 41.5 Å². The van der Waals surface area contributed by atoms with Crippen LogP contribution in [0.25, 0.3) is 0 Å². The van der Waals surface area contributed by atoms with Gasteiger partial charge in [0.05, 0.1) is 23.3 Å². The van der Waals surface area contributed by atoms with Gasteiger partial charge in [-0.05, 0) is 35.7 Å². The van der Waals surface area contributed by atoms with Crippen molar-refractivity contribution in [3.8, 4) is 0 Å². The highest BCUT2D eigenvalue weighted by molar-refractivity contribution is 6.41. The average Bonchev–Trinajstić information content (AvgIpc) is 2.78. The molecule has 1 aromatic carbocycles. The van der Waals surface area contributed by atoms with E-state index in [9.17, 15) is 9.59 Å². The van der Waals surface area contributed by atoms with Gasteiger partial charge in [-0.1, -0.05) is 26.0 Å². The zero-order valence-corrected chi connectivity index (χ0v) is 17.7. The molecule has 6 nitrogen and oxygen atoms in total. The van der Waals surface area contributed by atoms with Crippen LogP contribution in [-0.2, 0) is 17.8 Å². The lowest BCUT2D eigenvalue weighted by Gasteiger charge is -2.36. The van der Waals surface area contributed by atoms with Crippen molar-refractivity contribution in [1.29, 1.82) is 0 Å². The summed E-state index contributed by atoms with van der Waals surface area (Å²) in [5, 5.41) is 0. The van der Waals surface area contributed by atoms with Gasteiger partial charge in [0.2, 0.25) is 0 Å². The minimum Gasteiger partial charge on any atom is -0.368 e. The predicted octanol–water partition coefficient (Wildman–Crippen LogP) is 3.60. The summed E-state index contributed by atoms with van der Waals surface area (Å²) in [7, 11) is 0. The van der Waals surface area contributed by atoms with E-state index >= 15 is 0 Å². The van der Waals surface area contributed by atoms with Gasteiger partial charge in [0.15, 0.2) is 11.6 Å². The van der Waals surface area contributed by atoms with Crippen LogP contribution in [0.5, 0.6) is 0 Å². The summed E-state index contributed by atoms with van der Waals surface area (Å²) in [6.07, 6.45) is 3.45. The molecule has 2 aliphatic rings. The summed E-state index contributed by atoms with van der Waals surface area (Å²) < 4.78 is 0. The van der Waals surface area contributed by atoms with E-state index in [1.807, 2.05) is 38.2 Å². The van der Waals surface area contributed by atoms with Crippen LogP contribution in [0.4, 0.5) is 11.4 Å². The van der Waals surface area contributed by atoms with E-state index in [1.165, 1.54) is 5.56 Å². The molecule has 3 heterocycles. The fraction of sp³-hybridized carbons (Fsp3) is 0.417. The summed E-state index contributed by atoms with van der Waals surface area (Å²) >= 11 is 0. The number of hydrogen-bond donors (Lipinski definition) is 0. The average molecular weight is 405 g/mol. The molecule has 0 atom stereocenters. The third-order valence-corrected chi connectivity index (χ3v) is 5.91. The van der Waals surface area contributed by atoms with E-state index in [1.54, 1.807) is 0 Å². The SMILES string of the molecule is CCC(=O)c1ccc(N2CCN(Cc3ccc4c(c3)CC(=O)C(CC)=N4)CC2)cn1. The Morgan fingerprint density at radius 2 is 1.87 bits per heavy atom. The largest absolute Gasteiger partial charge is 0.368 e. The summed E-state index contributed by atoms with van der Waals surface area (Å²) in [6, 6.07) is 10.1. The predicted molar refractivity (Wildman–Crippen MR) is 119 cm³/mol. The lowest BCUT2D eigenvalue weighted by molar-refractivity contribution is -0.112. The summed E-state index contributed by atoms with van der Waals surface area (Å²) in [6.45, 7) is 8.49. The third-order valence-electron chi connectivity index (χ3n) is 5.91. The van der Waals surface area contributed by atoms with Crippen molar-refractivity contribution in [3.05, 3.63) is 53.3 Å². The smallest absolute Gasteiger partial charge is 0.181 e. The Balaban J connectivity index is 1.35. The molecular weight excluding hydrogens is 376 g/mol. The lowest BCUT2D eigenvalue weighted by Crippen LogP contribution is -2.46. The van der Waals surface area contributed by atoms with Gasteiger partial charge in [-0.15, -0.1) is 0 Å². The molecular formula is C24H28N4O2. The highest BCUT2D eigenvalue weighted by Crippen LogP contribution is 2.27. The van der Waals surface area contributed by atoms with Gasteiger partial charge in [0, 0.05) is 45.6 Å². The van der Waals surface area contributed by atoms with E-state index in [4.69, 9.17) is 0 Å². The van der Waals surface area contributed by atoms with Crippen LogP contribution in [0, 0.1) is 0 Å². The first kappa shape index (κ1) is 20.4. The Morgan fingerprint density at radius 3 is 2.53 bits per heavy atom. The molecule has 1 aromatic heterocycles. The normalized spacial score (nSPS) is 16.9. The molecule has 2 aromatic rings. The molecule has 0 N–H and O–H groups in total. The van der Waals surface area contributed by atoms with E-state index < -0.39 is 0 Å². The minimum absolute atomic E-state index is 0.0785. The van der Waals surface area contributed by atoms with Gasteiger partial charge in [-0.25, -0.2) is 4.99 Å². The maximum absolute atomic E-state index is 12.2. The highest BCUT2D eigenvalue weighted by Gasteiger charge is 2.21. The Hall–Kier alpha value is -2.86. The number of carbonyl (C=O) groups excluding carboxylic acids is 2. The molecule has 156 valence electrons. The van der Waals surface area contributed by atoms with Crippen LogP contribution in [0.2, 0.25) is 0 Å². The number of carbonyl (C=O) groups is 2. The van der Waals surface area contributed by atoms with Crippen molar-refractivity contribution in [3.63, 3.8) is 0 Å². The van der Waals surface area contributed by atoms with E-state index in [2.05, 4.69) is 31.9 Å². The molecule has 0 spiro atoms. The molecule has 0 aliphatic carbocycles. The van der Waals surface area contributed by atoms with E-state index in [-0.39, 0.29) is 11.6 Å². The second kappa shape index (κ2) is 8.88. The maximum atomic E-state index is 12.2. The van der Waals surface area contributed by atoms with Crippen LogP contribution in [0.3, 0.4) is 0 Å². The summed E-state index contributed by atoms with van der Waals surface area (Å²) in [5.74, 6) is 0.228. The number of piperazine rings is 1. The van der Waals surface area contributed by atoms with Gasteiger partial charge in [-0.2, -0.15) is 0 Å². The van der Waals surface area contributed by atoms with Crippen molar-refractivity contribution in [2.24, 2.45) is 4.99 Å². The number of ketones is 2. The number of hydrogen-bond acceptors (Lipinski definition) is 6. The Bertz CT molecular complexity index is 973. The van der Waals surface area contributed by atoms with Crippen molar-refractivity contribution >= 4 is 28.7 Å². The molecule has 1 saturated heterocycles. The number of fused-ring (bicyclic) bond motifs is 1. The molecule has 30 heavy (non-hydrogen) atoms. The second-order valence-corrected chi connectivity index (χ2v) is 7.92. The van der Waals surface area contributed by atoms with Gasteiger partial charge < -0.3 is 4.90 Å². The molecule has 6 heteroatoms. The van der Waals surface area contributed by atoms with Crippen LogP contribution in [0.1, 0.15) is 48.3 Å². The number of Topliss-reactive ketones (excluding diaryl/α,β-unsaturated/α-hetero) is 2. The standard InChI is InChI=1S/C24H28N4O2/c1-3-20-24(30)14-18-13-17(5-7-21(18)26-20)16-27-9-11-28(12-10-27)19-6-8-22(25-15-19)23(29)4-2/h5-8,13,15H,3-4,9-12,14,16H2,1-2H3. The second-order valence-electron chi connectivity index (χ2n) is 7.92. The van der Waals surface area contributed by atoms with Gasteiger partial charge in [0.1, 0.15) is 5.69 Å². The minimum atomic E-state index is 0.0785. The zero-order chi connectivity index (χ0) is 21.1. The summed E-state index contributed by atoms with van der Waals surface area (Å²) in [5.41, 5.74) is 5.52. The Morgan fingerprint density at radius 1 is 1.07 bits per heavy atom. The van der Waals surface area contributed by atoms with Gasteiger partial charge in [0.25, 0.3) is 0 Å². The van der Waals surface area contributed by atoms with Crippen molar-refractivity contribution in [2.45, 2.75) is 39.7 Å². The van der Waals surface area contributed by atoms with Crippen molar-refractivity contribution in [1.82, 2.24) is 9.88 Å². The molecule has 2 aliphatic heterocycles. The quantitative estimate of drug-likeness (QED) is 0.688. The molecule has 0 saturated carbocycles. The van der Waals surface area contributed by atoms with Gasteiger partial charge >= 0.3 is 0 Å². The molecule has 4 rings (SSSR count). The first-order chi connectivity index (χ1) is 14.6. The molecule has 0 amide bonds. The summed E-state index contributed by atoms with van der Waals surface area (Å²) in [4.78, 5) is 37.5. The Labute approximate surface area is 177 Å². The fourth-order valence-corrected chi connectivity index (χ4v) is 4.09. The number of nitrogens with zero attached hydrogens (tertiary/aromatic N) is 4. The van der Waals surface area contributed by atoms with Gasteiger partial charge in [-0.3, -0.25) is 19.5 Å². The molecule has 1 fully saturated rings. The molecule has 0 radical (unpaired) electrons. The van der Waals surface area contributed by atoms with E-state index in [0.29, 0.717) is 30.7 Å². The molecule has 0 unspecified atom stereocenters. The highest BCUT2D eigenvalue weighted by atomic mass is 16.1. The first-order valence-electron chi connectivity index (χ1n) is 10.8. The Kier molecular flexibility index (Phi) is 6.04. The number of aliphatic imine (C=N–C) groups is 1. The fourth-order valence-electron chi connectivity index (χ4n) is 4.09. The van der Waals surface area contributed by atoms with Crippen LogP contribution < -0.4 is 4.90 Å². The number of anilines is 1. The van der Waals surface area contributed by atoms with Crippen LogP contribution >= 0.6 is 0 Å². The lowest BCUT2D eigenvalue weighted by atomic mass is 9.97. The van der Waals surface area contributed by atoms with E-state index in [0.717, 1.165) is 49.7 Å². The zero-order valence-electron chi connectivity index (χ0n) is 17.7. The number of benzene rings is 1. The van der Waals surface area contributed by atoms with Crippen molar-refractivity contribution in [2.75, 3.05) is 31.1 Å². The molecule has 0 bridgehead atoms. The number of pyridine rings is 1.